The summed E-state index contributed by atoms with van der Waals surface area (Å²) in [6.07, 6.45) is 0.882. The predicted molar refractivity (Wildman–Crippen MR) is 75.2 cm³/mol. The number of carbonyl (C=O) groups excluding carboxylic acids is 1. The van der Waals surface area contributed by atoms with Gasteiger partial charge < -0.3 is 10.6 Å². The third-order valence-corrected chi connectivity index (χ3v) is 3.18. The maximum atomic E-state index is 12.1. The molecular weight excluding hydrogens is 250 g/mol. The van der Waals surface area contributed by atoms with Crippen LogP contribution in [0.25, 0.3) is 0 Å². The third kappa shape index (κ3) is 3.60. The van der Waals surface area contributed by atoms with Gasteiger partial charge in [0, 0.05) is 13.1 Å². The van der Waals surface area contributed by atoms with Gasteiger partial charge in [0.2, 0.25) is 0 Å². The van der Waals surface area contributed by atoms with E-state index in [2.05, 4.69) is 29.5 Å². The molecule has 0 aliphatic carbocycles. The SMILES string of the molecule is CCC(NC(=O)c1nc(NC)ccc1Cl)C(C)C. The molecule has 0 fully saturated rings. The van der Waals surface area contributed by atoms with E-state index in [0.717, 1.165) is 6.42 Å². The second-order valence-electron chi connectivity index (χ2n) is 4.51. The highest BCUT2D eigenvalue weighted by Crippen LogP contribution is 2.17. The molecule has 5 heteroatoms. The summed E-state index contributed by atoms with van der Waals surface area (Å²) in [5, 5.41) is 6.22. The van der Waals surface area contributed by atoms with Gasteiger partial charge in [0.05, 0.1) is 5.02 Å². The highest BCUT2D eigenvalue weighted by molar-refractivity contribution is 6.33. The van der Waals surface area contributed by atoms with Crippen molar-refractivity contribution in [2.45, 2.75) is 33.2 Å². The number of nitrogens with zero attached hydrogens (tertiary/aromatic N) is 1. The molecule has 2 N–H and O–H groups in total. The Labute approximate surface area is 113 Å². The second kappa shape index (κ2) is 6.59. The zero-order valence-electron chi connectivity index (χ0n) is 11.2. The zero-order valence-corrected chi connectivity index (χ0v) is 12.0. The van der Waals surface area contributed by atoms with Crippen LogP contribution in [0.3, 0.4) is 0 Å². The van der Waals surface area contributed by atoms with Crippen molar-refractivity contribution in [2.75, 3.05) is 12.4 Å². The molecule has 1 amide bonds. The average Bonchev–Trinajstić information content (AvgIpc) is 2.35. The maximum absolute atomic E-state index is 12.1. The Kier molecular flexibility index (Phi) is 5.41. The molecule has 0 spiro atoms. The lowest BCUT2D eigenvalue weighted by Crippen LogP contribution is -2.38. The molecule has 1 heterocycles. The van der Waals surface area contributed by atoms with E-state index in [0.29, 0.717) is 16.8 Å². The number of nitrogens with one attached hydrogen (secondary N) is 2. The molecule has 0 aromatic carbocycles. The summed E-state index contributed by atoms with van der Waals surface area (Å²) in [6, 6.07) is 3.54. The summed E-state index contributed by atoms with van der Waals surface area (Å²) in [7, 11) is 1.75. The Balaban J connectivity index is 2.89. The van der Waals surface area contributed by atoms with Crippen molar-refractivity contribution in [1.82, 2.24) is 10.3 Å². The van der Waals surface area contributed by atoms with E-state index in [-0.39, 0.29) is 17.6 Å². The Morgan fingerprint density at radius 1 is 1.44 bits per heavy atom. The van der Waals surface area contributed by atoms with Crippen LogP contribution in [-0.4, -0.2) is 24.0 Å². The molecule has 0 saturated carbocycles. The summed E-state index contributed by atoms with van der Waals surface area (Å²) in [4.78, 5) is 16.3. The number of halogens is 1. The number of hydrogen-bond acceptors (Lipinski definition) is 3. The van der Waals surface area contributed by atoms with E-state index >= 15 is 0 Å². The fourth-order valence-electron chi connectivity index (χ4n) is 1.72. The number of pyridine rings is 1. The fraction of sp³-hybridized carbons (Fsp3) is 0.538. The van der Waals surface area contributed by atoms with Gasteiger partial charge in [-0.25, -0.2) is 4.98 Å². The van der Waals surface area contributed by atoms with Gasteiger partial charge in [-0.3, -0.25) is 4.79 Å². The van der Waals surface area contributed by atoms with E-state index in [1.807, 2.05) is 6.92 Å². The summed E-state index contributed by atoms with van der Waals surface area (Å²) in [6.45, 7) is 6.20. The van der Waals surface area contributed by atoms with Crippen LogP contribution in [0.1, 0.15) is 37.7 Å². The lowest BCUT2D eigenvalue weighted by Gasteiger charge is -2.20. The van der Waals surface area contributed by atoms with Crippen LogP contribution in [0, 0.1) is 5.92 Å². The topological polar surface area (TPSA) is 54.0 Å². The van der Waals surface area contributed by atoms with E-state index in [1.165, 1.54) is 0 Å². The van der Waals surface area contributed by atoms with Gasteiger partial charge in [-0.2, -0.15) is 0 Å². The lowest BCUT2D eigenvalue weighted by atomic mass is 10.0. The molecule has 0 saturated heterocycles. The number of amides is 1. The van der Waals surface area contributed by atoms with Gasteiger partial charge in [0.15, 0.2) is 0 Å². The zero-order chi connectivity index (χ0) is 13.7. The number of rotatable bonds is 5. The van der Waals surface area contributed by atoms with E-state index in [1.54, 1.807) is 19.2 Å². The smallest absolute Gasteiger partial charge is 0.271 e. The molecule has 1 rings (SSSR count). The fourth-order valence-corrected chi connectivity index (χ4v) is 1.91. The minimum absolute atomic E-state index is 0.133. The maximum Gasteiger partial charge on any atom is 0.271 e. The molecule has 1 unspecified atom stereocenters. The quantitative estimate of drug-likeness (QED) is 0.864. The summed E-state index contributed by atoms with van der Waals surface area (Å²) in [5.74, 6) is 0.782. The minimum atomic E-state index is -0.224. The first-order chi connectivity index (χ1) is 8.49. The second-order valence-corrected chi connectivity index (χ2v) is 4.92. The van der Waals surface area contributed by atoms with Crippen molar-refractivity contribution < 1.29 is 4.79 Å². The van der Waals surface area contributed by atoms with Gasteiger partial charge >= 0.3 is 0 Å². The molecule has 0 aliphatic rings. The van der Waals surface area contributed by atoms with Crippen LogP contribution in [0.5, 0.6) is 0 Å². The number of aromatic nitrogens is 1. The van der Waals surface area contributed by atoms with Gasteiger partial charge in [-0.05, 0) is 24.5 Å². The molecular formula is C13H20ClN3O. The molecule has 18 heavy (non-hydrogen) atoms. The molecule has 0 bridgehead atoms. The Hall–Kier alpha value is -1.29. The molecule has 1 atom stereocenters. The Morgan fingerprint density at radius 3 is 2.61 bits per heavy atom. The third-order valence-electron chi connectivity index (χ3n) is 2.88. The van der Waals surface area contributed by atoms with Crippen molar-refractivity contribution in [3.05, 3.63) is 22.8 Å². The summed E-state index contributed by atoms with van der Waals surface area (Å²) < 4.78 is 0. The highest BCUT2D eigenvalue weighted by atomic mass is 35.5. The largest absolute Gasteiger partial charge is 0.373 e. The molecule has 4 nitrogen and oxygen atoms in total. The van der Waals surface area contributed by atoms with Crippen molar-refractivity contribution in [2.24, 2.45) is 5.92 Å². The standard InChI is InChI=1S/C13H20ClN3O/c1-5-10(8(2)3)16-13(18)12-9(14)6-7-11(15-4)17-12/h6-8,10H,5H2,1-4H3,(H,15,17)(H,16,18). The Morgan fingerprint density at radius 2 is 2.11 bits per heavy atom. The highest BCUT2D eigenvalue weighted by Gasteiger charge is 2.18. The van der Waals surface area contributed by atoms with Crippen LogP contribution >= 0.6 is 11.6 Å². The number of anilines is 1. The first-order valence-corrected chi connectivity index (χ1v) is 6.52. The molecule has 0 radical (unpaired) electrons. The Bertz CT molecular complexity index is 421. The van der Waals surface area contributed by atoms with Crippen LogP contribution in [0.4, 0.5) is 5.82 Å². The summed E-state index contributed by atoms with van der Waals surface area (Å²) >= 11 is 6.00. The number of hydrogen-bond donors (Lipinski definition) is 2. The van der Waals surface area contributed by atoms with Gasteiger partial charge in [0.1, 0.15) is 11.5 Å². The normalized spacial score (nSPS) is 12.3. The predicted octanol–water partition coefficient (Wildman–Crippen LogP) is 2.94. The molecule has 0 aliphatic heterocycles. The molecule has 1 aromatic heterocycles. The van der Waals surface area contributed by atoms with Crippen LogP contribution in [0.2, 0.25) is 5.02 Å². The average molecular weight is 270 g/mol. The van der Waals surface area contributed by atoms with E-state index < -0.39 is 0 Å². The summed E-state index contributed by atoms with van der Waals surface area (Å²) in [5.41, 5.74) is 0.266. The van der Waals surface area contributed by atoms with Crippen molar-refractivity contribution in [1.29, 1.82) is 0 Å². The number of carbonyl (C=O) groups is 1. The lowest BCUT2D eigenvalue weighted by molar-refractivity contribution is 0.0920. The van der Waals surface area contributed by atoms with Gasteiger partial charge in [-0.15, -0.1) is 0 Å². The van der Waals surface area contributed by atoms with Crippen molar-refractivity contribution in [3.63, 3.8) is 0 Å². The molecule has 1 aromatic rings. The van der Waals surface area contributed by atoms with E-state index in [9.17, 15) is 4.79 Å². The first-order valence-electron chi connectivity index (χ1n) is 6.14. The van der Waals surface area contributed by atoms with Gasteiger partial charge in [-0.1, -0.05) is 32.4 Å². The van der Waals surface area contributed by atoms with Gasteiger partial charge in [0.25, 0.3) is 5.91 Å². The minimum Gasteiger partial charge on any atom is -0.373 e. The first kappa shape index (κ1) is 14.8. The van der Waals surface area contributed by atoms with Crippen LogP contribution < -0.4 is 10.6 Å². The molecule has 100 valence electrons. The van der Waals surface area contributed by atoms with E-state index in [4.69, 9.17) is 11.6 Å². The van der Waals surface area contributed by atoms with Crippen molar-refractivity contribution in [3.8, 4) is 0 Å². The van der Waals surface area contributed by atoms with Crippen LogP contribution in [0.15, 0.2) is 12.1 Å². The van der Waals surface area contributed by atoms with Crippen LogP contribution in [-0.2, 0) is 0 Å². The van der Waals surface area contributed by atoms with Crippen molar-refractivity contribution >= 4 is 23.3 Å². The monoisotopic (exact) mass is 269 g/mol.